The molecule has 0 heterocycles. The summed E-state index contributed by atoms with van der Waals surface area (Å²) in [5.41, 5.74) is -1.26. The Morgan fingerprint density at radius 3 is 2.24 bits per heavy atom. The lowest BCUT2D eigenvalue weighted by Crippen LogP contribution is -2.14. The number of nitrogens with zero attached hydrogens (tertiary/aromatic N) is 5. The van der Waals surface area contributed by atoms with Crippen LogP contribution in [0.25, 0.3) is 0 Å². The van der Waals surface area contributed by atoms with E-state index in [4.69, 9.17) is 10.5 Å². The van der Waals surface area contributed by atoms with Crippen molar-refractivity contribution >= 4 is 11.4 Å². The molecule has 0 aliphatic heterocycles. The summed E-state index contributed by atoms with van der Waals surface area (Å²) < 4.78 is 0. The summed E-state index contributed by atoms with van der Waals surface area (Å²) in [7, 11) is 0. The van der Waals surface area contributed by atoms with Crippen molar-refractivity contribution in [2.75, 3.05) is 0 Å². The average molecular weight is 229 g/mol. The average Bonchev–Trinajstić information content (AvgIpc) is 2.36. The molecule has 0 fully saturated rings. The summed E-state index contributed by atoms with van der Waals surface area (Å²) in [5, 5.41) is 35.0. The molecule has 0 saturated heterocycles. The third-order valence-corrected chi connectivity index (χ3v) is 1.86. The van der Waals surface area contributed by atoms with E-state index < -0.39 is 10.5 Å². The predicted molar refractivity (Wildman–Crippen MR) is 57.2 cm³/mol. The van der Waals surface area contributed by atoms with E-state index in [9.17, 15) is 10.1 Å². The maximum absolute atomic E-state index is 10.4. The highest BCUT2D eigenvalue weighted by molar-refractivity contribution is 5.43. The van der Waals surface area contributed by atoms with Crippen LogP contribution >= 0.6 is 0 Å². The molecule has 0 N–H and O–H groups in total. The van der Waals surface area contributed by atoms with Gasteiger partial charge in [-0.15, -0.1) is 0 Å². The molecule has 0 amide bonds. The Labute approximate surface area is 96.8 Å². The lowest BCUT2D eigenvalue weighted by atomic mass is 10.1. The van der Waals surface area contributed by atoms with Gasteiger partial charge in [-0.1, -0.05) is 0 Å². The van der Waals surface area contributed by atoms with E-state index in [0.29, 0.717) is 5.69 Å². The summed E-state index contributed by atoms with van der Waals surface area (Å²) >= 11 is 0. The lowest BCUT2D eigenvalue weighted by molar-refractivity contribution is -0.384. The first kappa shape index (κ1) is 12.3. The Bertz CT molecular complexity index is 521. The minimum atomic E-state index is -1.54. The van der Waals surface area contributed by atoms with Crippen LogP contribution < -0.4 is 0 Å². The van der Waals surface area contributed by atoms with Gasteiger partial charge in [-0.3, -0.25) is 10.1 Å². The molecule has 0 aromatic heterocycles. The SMILES string of the molecule is CC(C#N)(C#N)N=Nc1ccc([N+](=O)[O-])cc1. The fourth-order valence-electron chi connectivity index (χ4n) is 0.868. The molecule has 7 nitrogen and oxygen atoms in total. The normalized spacial score (nSPS) is 10.8. The number of azo groups is 1. The molecule has 0 unspecified atom stereocenters. The fourth-order valence-corrected chi connectivity index (χ4v) is 0.868. The van der Waals surface area contributed by atoms with Crippen molar-refractivity contribution in [3.8, 4) is 12.1 Å². The van der Waals surface area contributed by atoms with Crippen molar-refractivity contribution in [1.29, 1.82) is 10.5 Å². The number of nitro benzene ring substituents is 1. The van der Waals surface area contributed by atoms with Crippen molar-refractivity contribution in [2.45, 2.75) is 12.5 Å². The number of hydrogen-bond acceptors (Lipinski definition) is 6. The highest BCUT2D eigenvalue weighted by Crippen LogP contribution is 2.20. The first-order valence-corrected chi connectivity index (χ1v) is 4.50. The Morgan fingerprint density at radius 1 is 1.29 bits per heavy atom. The van der Waals surface area contributed by atoms with Crippen molar-refractivity contribution < 1.29 is 4.92 Å². The van der Waals surface area contributed by atoms with Crippen molar-refractivity contribution in [2.24, 2.45) is 10.2 Å². The standard InChI is InChI=1S/C10H7N5O2/c1-10(6-11,7-12)14-13-8-2-4-9(5-3-8)15(16)17/h2-5H,1H3. The largest absolute Gasteiger partial charge is 0.269 e. The van der Waals surface area contributed by atoms with Gasteiger partial charge in [0, 0.05) is 12.1 Å². The number of benzene rings is 1. The summed E-state index contributed by atoms with van der Waals surface area (Å²) in [6.45, 7) is 1.32. The van der Waals surface area contributed by atoms with Gasteiger partial charge in [0.05, 0.1) is 10.6 Å². The van der Waals surface area contributed by atoms with Gasteiger partial charge in [0.25, 0.3) is 5.69 Å². The van der Waals surface area contributed by atoms with Crippen molar-refractivity contribution in [1.82, 2.24) is 0 Å². The van der Waals surface area contributed by atoms with Crippen LogP contribution in [0, 0.1) is 32.8 Å². The molecule has 7 heteroatoms. The van der Waals surface area contributed by atoms with E-state index in [2.05, 4.69) is 10.2 Å². The quantitative estimate of drug-likeness (QED) is 0.449. The van der Waals surface area contributed by atoms with Gasteiger partial charge in [0.2, 0.25) is 5.54 Å². The number of nitro groups is 1. The minimum Gasteiger partial charge on any atom is -0.258 e. The molecule has 0 spiro atoms. The Kier molecular flexibility index (Phi) is 3.48. The molecule has 0 bridgehead atoms. The molecule has 1 rings (SSSR count). The second kappa shape index (κ2) is 4.81. The summed E-state index contributed by atoms with van der Waals surface area (Å²) in [4.78, 5) is 9.86. The van der Waals surface area contributed by atoms with E-state index in [0.717, 1.165) is 0 Å². The van der Waals surface area contributed by atoms with E-state index in [1.807, 2.05) is 0 Å². The molecule has 0 radical (unpaired) electrons. The summed E-state index contributed by atoms with van der Waals surface area (Å²) in [5.74, 6) is 0. The van der Waals surface area contributed by atoms with Gasteiger partial charge < -0.3 is 0 Å². The van der Waals surface area contributed by atoms with E-state index in [-0.39, 0.29) is 5.69 Å². The first-order chi connectivity index (χ1) is 8.00. The highest BCUT2D eigenvalue weighted by Gasteiger charge is 2.21. The van der Waals surface area contributed by atoms with Crippen molar-refractivity contribution in [3.63, 3.8) is 0 Å². The summed E-state index contributed by atoms with van der Waals surface area (Å²) in [6, 6.07) is 8.70. The van der Waals surface area contributed by atoms with Crippen LogP contribution in [0.1, 0.15) is 6.92 Å². The Morgan fingerprint density at radius 2 is 1.82 bits per heavy atom. The van der Waals surface area contributed by atoms with Crippen LogP contribution in [0.5, 0.6) is 0 Å². The maximum Gasteiger partial charge on any atom is 0.269 e. The summed E-state index contributed by atoms with van der Waals surface area (Å²) in [6.07, 6.45) is 0. The second-order valence-corrected chi connectivity index (χ2v) is 3.27. The van der Waals surface area contributed by atoms with Crippen LogP contribution in [0.4, 0.5) is 11.4 Å². The minimum absolute atomic E-state index is 0.0627. The maximum atomic E-state index is 10.4. The monoisotopic (exact) mass is 229 g/mol. The van der Waals surface area contributed by atoms with E-state index in [1.165, 1.54) is 31.2 Å². The lowest BCUT2D eigenvalue weighted by Gasteiger charge is -2.01. The molecule has 0 aliphatic carbocycles. The van der Waals surface area contributed by atoms with E-state index >= 15 is 0 Å². The van der Waals surface area contributed by atoms with Crippen LogP contribution in [-0.4, -0.2) is 10.5 Å². The van der Waals surface area contributed by atoms with Gasteiger partial charge in [-0.25, -0.2) is 0 Å². The smallest absolute Gasteiger partial charge is 0.258 e. The van der Waals surface area contributed by atoms with Crippen LogP contribution in [0.3, 0.4) is 0 Å². The van der Waals surface area contributed by atoms with Gasteiger partial charge in [0.1, 0.15) is 12.1 Å². The molecule has 0 saturated carbocycles. The first-order valence-electron chi connectivity index (χ1n) is 4.50. The molecule has 1 aromatic carbocycles. The zero-order valence-electron chi connectivity index (χ0n) is 8.86. The molecule has 17 heavy (non-hydrogen) atoms. The van der Waals surface area contributed by atoms with E-state index in [1.54, 1.807) is 12.1 Å². The molecule has 0 atom stereocenters. The van der Waals surface area contributed by atoms with Gasteiger partial charge in [-0.05, 0) is 19.1 Å². The van der Waals surface area contributed by atoms with Crippen LogP contribution in [0.2, 0.25) is 0 Å². The number of hydrogen-bond donors (Lipinski definition) is 0. The third-order valence-electron chi connectivity index (χ3n) is 1.86. The molecule has 1 aromatic rings. The van der Waals surface area contributed by atoms with Gasteiger partial charge in [0.15, 0.2) is 0 Å². The van der Waals surface area contributed by atoms with Crippen molar-refractivity contribution in [3.05, 3.63) is 34.4 Å². The predicted octanol–water partition coefficient (Wildman–Crippen LogP) is 2.48. The fraction of sp³-hybridized carbons (Fsp3) is 0.200. The molecule has 84 valence electrons. The van der Waals surface area contributed by atoms with Gasteiger partial charge >= 0.3 is 0 Å². The molecule has 0 aliphatic rings. The zero-order valence-corrected chi connectivity index (χ0v) is 8.86. The number of nitriles is 2. The molecular weight excluding hydrogens is 222 g/mol. The number of rotatable bonds is 3. The van der Waals surface area contributed by atoms with Crippen LogP contribution in [-0.2, 0) is 0 Å². The zero-order chi connectivity index (χ0) is 12.9. The second-order valence-electron chi connectivity index (χ2n) is 3.27. The number of non-ortho nitro benzene ring substituents is 1. The highest BCUT2D eigenvalue weighted by atomic mass is 16.6. The van der Waals surface area contributed by atoms with Gasteiger partial charge in [-0.2, -0.15) is 20.8 Å². The molecular formula is C10H7N5O2. The topological polar surface area (TPSA) is 115 Å². The van der Waals surface area contributed by atoms with Crippen LogP contribution in [0.15, 0.2) is 34.5 Å². The Balaban J connectivity index is 2.91. The Hall–Kier alpha value is -2.80. The third kappa shape index (κ3) is 3.08.